The molecule has 0 radical (unpaired) electrons. The van der Waals surface area contributed by atoms with Crippen LogP contribution in [0.25, 0.3) is 21.7 Å². The number of hydrogen-bond acceptors (Lipinski definition) is 4. The molecule has 4 aromatic rings. The Hall–Kier alpha value is -3.97. The van der Waals surface area contributed by atoms with Gasteiger partial charge in [-0.15, -0.1) is 0 Å². The first kappa shape index (κ1) is 23.8. The zero-order valence-corrected chi connectivity index (χ0v) is 20.5. The number of anilines is 1. The van der Waals surface area contributed by atoms with Crippen LogP contribution in [0.15, 0.2) is 72.8 Å². The molecule has 2 heterocycles. The molecular weight excluding hydrogens is 450 g/mol. The Morgan fingerprint density at radius 3 is 2.67 bits per heavy atom. The van der Waals surface area contributed by atoms with Crippen LogP contribution >= 0.6 is 0 Å². The highest BCUT2D eigenvalue weighted by Crippen LogP contribution is 2.23. The minimum Gasteiger partial charge on any atom is -0.352 e. The molecule has 0 saturated carbocycles. The van der Waals surface area contributed by atoms with Crippen LogP contribution in [-0.4, -0.2) is 54.0 Å². The topological polar surface area (TPSA) is 86.4 Å². The summed E-state index contributed by atoms with van der Waals surface area (Å²) in [6.45, 7) is 4.87. The molecule has 7 heteroatoms. The number of pyridine rings is 1. The van der Waals surface area contributed by atoms with Crippen molar-refractivity contribution in [3.8, 4) is 0 Å². The monoisotopic (exact) mass is 481 g/mol. The lowest BCUT2D eigenvalue weighted by molar-refractivity contribution is -0.121. The Kier molecular flexibility index (Phi) is 7.09. The largest absolute Gasteiger partial charge is 0.352 e. The average Bonchev–Trinajstić information content (AvgIpc) is 3.31. The van der Waals surface area contributed by atoms with Gasteiger partial charge in [-0.05, 0) is 41.8 Å². The summed E-state index contributed by atoms with van der Waals surface area (Å²) in [6.07, 6.45) is 1.29. The zero-order chi connectivity index (χ0) is 24.9. The molecule has 5 rings (SSSR count). The van der Waals surface area contributed by atoms with Crippen molar-refractivity contribution in [1.29, 1.82) is 0 Å². The highest BCUT2D eigenvalue weighted by atomic mass is 16.2. The summed E-state index contributed by atoms with van der Waals surface area (Å²) in [6, 6.07) is 23.8. The first-order valence-electron chi connectivity index (χ1n) is 12.4. The van der Waals surface area contributed by atoms with Gasteiger partial charge >= 0.3 is 6.03 Å². The van der Waals surface area contributed by atoms with Crippen LogP contribution in [0.4, 0.5) is 10.5 Å². The van der Waals surface area contributed by atoms with Crippen molar-refractivity contribution in [2.45, 2.75) is 25.8 Å². The molecule has 0 spiro atoms. The third-order valence-corrected chi connectivity index (χ3v) is 6.67. The molecule has 36 heavy (non-hydrogen) atoms. The summed E-state index contributed by atoms with van der Waals surface area (Å²) in [7, 11) is 0. The lowest BCUT2D eigenvalue weighted by atomic mass is 10.0. The van der Waals surface area contributed by atoms with E-state index in [4.69, 9.17) is 0 Å². The predicted octanol–water partition coefficient (Wildman–Crippen LogP) is 4.25. The maximum atomic E-state index is 12.7. The predicted molar refractivity (Wildman–Crippen MR) is 144 cm³/mol. The summed E-state index contributed by atoms with van der Waals surface area (Å²) in [5, 5.41) is 12.3. The van der Waals surface area contributed by atoms with Crippen LogP contribution < -0.4 is 16.0 Å². The van der Waals surface area contributed by atoms with Crippen LogP contribution in [0.1, 0.15) is 17.7 Å². The first-order valence-corrected chi connectivity index (χ1v) is 12.4. The van der Waals surface area contributed by atoms with Crippen LogP contribution in [0, 0.1) is 6.92 Å². The number of carbonyl (C=O) groups excluding carboxylic acids is 2. The lowest BCUT2D eigenvalue weighted by Gasteiger charge is -2.17. The molecule has 1 aromatic heterocycles. The van der Waals surface area contributed by atoms with Gasteiger partial charge in [0.25, 0.3) is 0 Å². The summed E-state index contributed by atoms with van der Waals surface area (Å²) >= 11 is 0. The van der Waals surface area contributed by atoms with E-state index in [-0.39, 0.29) is 18.0 Å². The second kappa shape index (κ2) is 10.7. The average molecular weight is 482 g/mol. The smallest absolute Gasteiger partial charge is 0.319 e. The third kappa shape index (κ3) is 5.63. The fourth-order valence-electron chi connectivity index (χ4n) is 4.96. The second-order valence-corrected chi connectivity index (χ2v) is 9.38. The van der Waals surface area contributed by atoms with Gasteiger partial charge in [0.1, 0.15) is 0 Å². The summed E-state index contributed by atoms with van der Waals surface area (Å²) in [5.41, 5.74) is 3.52. The molecule has 0 bridgehead atoms. The quantitative estimate of drug-likeness (QED) is 0.368. The Morgan fingerprint density at radius 2 is 1.78 bits per heavy atom. The molecule has 1 aliphatic heterocycles. The normalized spacial score (nSPS) is 15.8. The van der Waals surface area contributed by atoms with Gasteiger partial charge in [-0.25, -0.2) is 4.79 Å². The summed E-state index contributed by atoms with van der Waals surface area (Å²) < 4.78 is 0. The Bertz CT molecular complexity index is 1400. The lowest BCUT2D eigenvalue weighted by Crippen LogP contribution is -2.40. The van der Waals surface area contributed by atoms with Crippen molar-refractivity contribution < 1.29 is 9.59 Å². The van der Waals surface area contributed by atoms with E-state index < -0.39 is 0 Å². The number of nitrogens with one attached hydrogen (secondary N) is 3. The van der Waals surface area contributed by atoms with E-state index in [1.807, 2.05) is 61.5 Å². The molecule has 1 saturated heterocycles. The summed E-state index contributed by atoms with van der Waals surface area (Å²) in [4.78, 5) is 32.0. The van der Waals surface area contributed by atoms with Crippen LogP contribution in [-0.2, 0) is 11.2 Å². The van der Waals surface area contributed by atoms with Crippen molar-refractivity contribution in [3.05, 3.63) is 84.1 Å². The number of carbonyl (C=O) groups is 2. The van der Waals surface area contributed by atoms with E-state index in [1.165, 1.54) is 0 Å². The maximum absolute atomic E-state index is 12.7. The van der Waals surface area contributed by atoms with Gasteiger partial charge in [0.2, 0.25) is 5.91 Å². The van der Waals surface area contributed by atoms with Gasteiger partial charge < -0.3 is 16.0 Å². The van der Waals surface area contributed by atoms with E-state index in [9.17, 15) is 9.59 Å². The van der Waals surface area contributed by atoms with E-state index in [2.05, 4.69) is 44.0 Å². The number of rotatable bonds is 7. The molecule has 0 aliphatic carbocycles. The molecule has 3 aromatic carbocycles. The number of para-hydroxylation sites is 1. The zero-order valence-electron chi connectivity index (χ0n) is 20.5. The number of likely N-dealkylation sites (tertiary alicyclic amines) is 1. The molecular formula is C29H31N5O2. The highest BCUT2D eigenvalue weighted by molar-refractivity contribution is 6.00. The number of amides is 3. The van der Waals surface area contributed by atoms with Crippen LogP contribution in [0.5, 0.6) is 0 Å². The van der Waals surface area contributed by atoms with E-state index in [0.29, 0.717) is 13.0 Å². The minimum atomic E-state index is -0.232. The number of nitrogens with zero attached hydrogens (tertiary/aromatic N) is 2. The fraction of sp³-hybridized carbons (Fsp3) is 0.276. The first-order chi connectivity index (χ1) is 17.5. The van der Waals surface area contributed by atoms with Gasteiger partial charge in [-0.1, -0.05) is 60.7 Å². The van der Waals surface area contributed by atoms with Gasteiger partial charge in [-0.2, -0.15) is 0 Å². The molecule has 184 valence electrons. The molecule has 1 atom stereocenters. The third-order valence-electron chi connectivity index (χ3n) is 6.67. The summed E-state index contributed by atoms with van der Waals surface area (Å²) in [5.74, 6) is 0.0515. The fourth-order valence-corrected chi connectivity index (χ4v) is 4.96. The van der Waals surface area contributed by atoms with E-state index >= 15 is 0 Å². The van der Waals surface area contributed by atoms with Crippen molar-refractivity contribution in [3.63, 3.8) is 0 Å². The SMILES string of the molecule is Cc1cc(NC(=O)NCCN2CCC(NC(=O)Cc3cccc4ccccc34)C2)c2ccccc2n1. The van der Waals surface area contributed by atoms with Crippen molar-refractivity contribution in [2.24, 2.45) is 0 Å². The molecule has 1 aliphatic rings. The van der Waals surface area contributed by atoms with Crippen molar-refractivity contribution >= 4 is 39.3 Å². The number of hydrogen-bond donors (Lipinski definition) is 3. The van der Waals surface area contributed by atoms with Crippen LogP contribution in [0.2, 0.25) is 0 Å². The van der Waals surface area contributed by atoms with Gasteiger partial charge in [0, 0.05) is 43.3 Å². The molecule has 3 N–H and O–H groups in total. The number of aryl methyl sites for hydroxylation is 1. The Labute approximate surface area is 210 Å². The Balaban J connectivity index is 1.07. The Morgan fingerprint density at radius 1 is 1.00 bits per heavy atom. The second-order valence-electron chi connectivity index (χ2n) is 9.38. The van der Waals surface area contributed by atoms with Gasteiger partial charge in [0.15, 0.2) is 0 Å². The van der Waals surface area contributed by atoms with Crippen LogP contribution in [0.3, 0.4) is 0 Å². The van der Waals surface area contributed by atoms with Gasteiger partial charge in [-0.3, -0.25) is 14.7 Å². The maximum Gasteiger partial charge on any atom is 0.319 e. The molecule has 1 fully saturated rings. The number of fused-ring (bicyclic) bond motifs is 2. The number of aromatic nitrogens is 1. The van der Waals surface area contributed by atoms with Crippen molar-refractivity contribution in [1.82, 2.24) is 20.5 Å². The molecule has 7 nitrogen and oxygen atoms in total. The minimum absolute atomic E-state index is 0.0515. The number of urea groups is 1. The van der Waals surface area contributed by atoms with E-state index in [1.54, 1.807) is 0 Å². The molecule has 1 unspecified atom stereocenters. The number of benzene rings is 3. The highest BCUT2D eigenvalue weighted by Gasteiger charge is 2.23. The van der Waals surface area contributed by atoms with Gasteiger partial charge in [0.05, 0.1) is 17.6 Å². The van der Waals surface area contributed by atoms with E-state index in [0.717, 1.165) is 64.7 Å². The van der Waals surface area contributed by atoms with Crippen molar-refractivity contribution in [2.75, 3.05) is 31.5 Å². The standard InChI is InChI=1S/C29H31N5O2/c1-20-17-27(25-11-4-5-12-26(25)31-20)33-29(36)30-14-16-34-15-13-23(19-34)32-28(35)18-22-9-6-8-21-7-2-3-10-24(21)22/h2-12,17,23H,13-16,18-19H2,1H3,(H,32,35)(H2,30,31,33,36). The molecule has 3 amide bonds.